The first-order chi connectivity index (χ1) is 13.6. The second-order valence-electron chi connectivity index (χ2n) is 7.77. The third-order valence-corrected chi connectivity index (χ3v) is 5.62. The summed E-state index contributed by atoms with van der Waals surface area (Å²) in [6.07, 6.45) is 12.5. The van der Waals surface area contributed by atoms with Gasteiger partial charge in [0.25, 0.3) is 0 Å². The summed E-state index contributed by atoms with van der Waals surface area (Å²) < 4.78 is 23.8. The zero-order chi connectivity index (χ0) is 21.9. The predicted octanol–water partition coefficient (Wildman–Crippen LogP) is 2.24. The van der Waals surface area contributed by atoms with Crippen molar-refractivity contribution in [3.8, 4) is 0 Å². The molecular formula is C21H35NO6S. The van der Waals surface area contributed by atoms with Crippen molar-refractivity contribution >= 4 is 21.7 Å². The van der Waals surface area contributed by atoms with Crippen LogP contribution in [0.4, 0.5) is 0 Å². The smallest absolute Gasteiger partial charge is 0.233 e. The minimum Gasteiger partial charge on any atom is -0.392 e. The van der Waals surface area contributed by atoms with Gasteiger partial charge in [0.1, 0.15) is 5.78 Å². The van der Waals surface area contributed by atoms with E-state index < -0.39 is 28.1 Å². The molecule has 1 rings (SSSR count). The van der Waals surface area contributed by atoms with E-state index in [1.807, 2.05) is 16.9 Å². The Labute approximate surface area is 174 Å². The van der Waals surface area contributed by atoms with Gasteiger partial charge in [0, 0.05) is 24.7 Å². The third-order valence-electron chi connectivity index (χ3n) is 5.02. The van der Waals surface area contributed by atoms with E-state index in [4.69, 9.17) is 0 Å². The van der Waals surface area contributed by atoms with Crippen LogP contribution in [0.5, 0.6) is 0 Å². The van der Waals surface area contributed by atoms with Crippen molar-refractivity contribution in [3.05, 3.63) is 24.3 Å². The Kier molecular flexibility index (Phi) is 11.4. The number of Topliss-reactive ketones (excluding diaryl/α,β-unsaturated/α-hetero) is 1. The van der Waals surface area contributed by atoms with Gasteiger partial charge < -0.3 is 10.2 Å². The molecule has 1 aliphatic carbocycles. The molecule has 1 saturated carbocycles. The molecule has 0 radical (unpaired) electrons. The van der Waals surface area contributed by atoms with Gasteiger partial charge in [0.05, 0.1) is 18.5 Å². The summed E-state index contributed by atoms with van der Waals surface area (Å²) in [5.74, 6) is -1.12. The summed E-state index contributed by atoms with van der Waals surface area (Å²) in [5.41, 5.74) is 0. The fourth-order valence-electron chi connectivity index (χ4n) is 3.48. The summed E-state index contributed by atoms with van der Waals surface area (Å²) in [6, 6.07) is 0. The van der Waals surface area contributed by atoms with Crippen molar-refractivity contribution in [2.45, 2.75) is 76.9 Å². The van der Waals surface area contributed by atoms with Crippen molar-refractivity contribution in [1.82, 2.24) is 4.72 Å². The highest BCUT2D eigenvalue weighted by atomic mass is 32.2. The normalized spacial score (nSPS) is 23.9. The van der Waals surface area contributed by atoms with E-state index in [2.05, 4.69) is 6.92 Å². The molecule has 1 fully saturated rings. The monoisotopic (exact) mass is 429 g/mol. The molecule has 166 valence electrons. The fourth-order valence-corrected chi connectivity index (χ4v) is 4.00. The first kappa shape index (κ1) is 25.5. The lowest BCUT2D eigenvalue weighted by atomic mass is 9.90. The Morgan fingerprint density at radius 1 is 1.28 bits per heavy atom. The number of sulfonamides is 1. The lowest BCUT2D eigenvalue weighted by Gasteiger charge is -2.16. The molecule has 0 aliphatic heterocycles. The molecule has 0 aromatic heterocycles. The van der Waals surface area contributed by atoms with Crippen LogP contribution in [0.3, 0.4) is 0 Å². The first-order valence-electron chi connectivity index (χ1n) is 10.4. The first-order valence-corrected chi connectivity index (χ1v) is 12.3. The molecule has 0 unspecified atom stereocenters. The van der Waals surface area contributed by atoms with E-state index in [1.54, 1.807) is 12.2 Å². The molecule has 0 saturated heterocycles. The number of aliphatic hydroxyl groups is 2. The minimum atomic E-state index is -3.52. The number of hydrogen-bond acceptors (Lipinski definition) is 6. The van der Waals surface area contributed by atoms with Gasteiger partial charge in [0.2, 0.25) is 15.9 Å². The number of rotatable bonds is 13. The number of aliphatic hydroxyl groups excluding tert-OH is 2. The summed E-state index contributed by atoms with van der Waals surface area (Å²) in [4.78, 5) is 23.6. The fraction of sp³-hybridized carbons (Fsp3) is 0.714. The van der Waals surface area contributed by atoms with E-state index in [1.165, 1.54) is 0 Å². The Balaban J connectivity index is 2.44. The maximum Gasteiger partial charge on any atom is 0.233 e. The van der Waals surface area contributed by atoms with Crippen molar-refractivity contribution in [3.63, 3.8) is 0 Å². The largest absolute Gasteiger partial charge is 0.392 e. The molecule has 0 aromatic carbocycles. The molecular weight excluding hydrogens is 394 g/mol. The minimum absolute atomic E-state index is 0.0183. The van der Waals surface area contributed by atoms with E-state index in [9.17, 15) is 28.2 Å². The highest BCUT2D eigenvalue weighted by Gasteiger charge is 2.39. The number of unbranched alkanes of at least 4 members (excludes halogenated alkanes) is 3. The Hall–Kier alpha value is -1.51. The number of nitrogens with one attached hydrogen (secondary N) is 1. The van der Waals surface area contributed by atoms with Crippen LogP contribution >= 0.6 is 0 Å². The molecule has 0 spiro atoms. The molecule has 0 bridgehead atoms. The molecule has 1 aliphatic rings. The summed E-state index contributed by atoms with van der Waals surface area (Å²) in [5, 5.41) is 20.2. The van der Waals surface area contributed by atoms with Crippen molar-refractivity contribution in [2.75, 3.05) is 6.26 Å². The standard InChI is InChI=1S/C21H35NO6S/c1-3-4-7-10-16(23)13-14-18-17(19(24)15-20(18)25)11-8-5-6-9-12-21(26)22-29(2,27)28/h5,8,13-14,16-18,20,23,25H,3-4,6-7,9-12,15H2,1-2H3,(H,22,26)/t16-,17+,18+,20+/m0/s1. The number of allylic oxidation sites excluding steroid dienone is 2. The van der Waals surface area contributed by atoms with Gasteiger partial charge >= 0.3 is 0 Å². The van der Waals surface area contributed by atoms with Crippen molar-refractivity contribution in [1.29, 1.82) is 0 Å². The summed E-state index contributed by atoms with van der Waals surface area (Å²) in [7, 11) is -3.52. The lowest BCUT2D eigenvalue weighted by molar-refractivity contribution is -0.121. The molecule has 7 nitrogen and oxygen atoms in total. The molecule has 4 atom stereocenters. The van der Waals surface area contributed by atoms with Crippen LogP contribution in [0.15, 0.2) is 24.3 Å². The second-order valence-corrected chi connectivity index (χ2v) is 9.51. The summed E-state index contributed by atoms with van der Waals surface area (Å²) in [6.45, 7) is 2.10. The Morgan fingerprint density at radius 2 is 2.00 bits per heavy atom. The number of amides is 1. The zero-order valence-corrected chi connectivity index (χ0v) is 18.2. The van der Waals surface area contributed by atoms with Crippen molar-refractivity contribution < 1.29 is 28.2 Å². The quantitative estimate of drug-likeness (QED) is 0.305. The lowest BCUT2D eigenvalue weighted by Crippen LogP contribution is -2.28. The Morgan fingerprint density at radius 3 is 2.66 bits per heavy atom. The maximum absolute atomic E-state index is 12.2. The SMILES string of the molecule is CCCCC[C@H](O)C=C[C@H]1[C@H](O)CC(=O)[C@@H]1CC=CCCCC(=O)NS(C)(=O)=O. The van der Waals surface area contributed by atoms with Gasteiger partial charge in [-0.25, -0.2) is 8.42 Å². The highest BCUT2D eigenvalue weighted by Crippen LogP contribution is 2.33. The zero-order valence-electron chi connectivity index (χ0n) is 17.4. The highest BCUT2D eigenvalue weighted by molar-refractivity contribution is 7.89. The molecule has 8 heteroatoms. The Bertz CT molecular complexity index is 685. The summed E-state index contributed by atoms with van der Waals surface area (Å²) >= 11 is 0. The van der Waals surface area contributed by atoms with Crippen molar-refractivity contribution in [2.24, 2.45) is 11.8 Å². The molecule has 29 heavy (non-hydrogen) atoms. The number of ketones is 1. The molecule has 0 aromatic rings. The van der Waals surface area contributed by atoms with Crippen LogP contribution in [0.2, 0.25) is 0 Å². The average Bonchev–Trinajstić information content (AvgIpc) is 2.87. The number of hydrogen-bond donors (Lipinski definition) is 3. The van der Waals surface area contributed by atoms with Gasteiger partial charge in [-0.2, -0.15) is 0 Å². The van der Waals surface area contributed by atoms with Crippen LogP contribution in [0.25, 0.3) is 0 Å². The second kappa shape index (κ2) is 12.9. The predicted molar refractivity (Wildman–Crippen MR) is 112 cm³/mol. The van der Waals surface area contributed by atoms with Crippen LogP contribution in [-0.2, 0) is 19.6 Å². The van der Waals surface area contributed by atoms with E-state index >= 15 is 0 Å². The number of carbonyl (C=O) groups excluding carboxylic acids is 2. The average molecular weight is 430 g/mol. The van der Waals surface area contributed by atoms with Gasteiger partial charge in [-0.1, -0.05) is 50.5 Å². The molecule has 0 heterocycles. The van der Waals surface area contributed by atoms with Gasteiger partial charge in [-0.3, -0.25) is 14.3 Å². The number of carbonyl (C=O) groups is 2. The maximum atomic E-state index is 12.2. The van der Waals surface area contributed by atoms with Crippen LogP contribution in [0, 0.1) is 11.8 Å². The molecule has 3 N–H and O–H groups in total. The van der Waals surface area contributed by atoms with Crippen LogP contribution < -0.4 is 4.72 Å². The van der Waals surface area contributed by atoms with E-state index in [0.29, 0.717) is 25.7 Å². The van der Waals surface area contributed by atoms with Gasteiger partial charge in [-0.05, 0) is 25.7 Å². The van der Waals surface area contributed by atoms with Gasteiger partial charge in [-0.15, -0.1) is 0 Å². The van der Waals surface area contributed by atoms with Crippen LogP contribution in [0.1, 0.15) is 64.7 Å². The van der Waals surface area contributed by atoms with Crippen LogP contribution in [-0.4, -0.2) is 48.8 Å². The third kappa shape index (κ3) is 10.7. The topological polar surface area (TPSA) is 121 Å². The van der Waals surface area contributed by atoms with Gasteiger partial charge in [0.15, 0.2) is 0 Å². The van der Waals surface area contributed by atoms with E-state index in [-0.39, 0.29) is 30.5 Å². The molecule has 1 amide bonds. The van der Waals surface area contributed by atoms with E-state index in [0.717, 1.165) is 25.5 Å².